The third-order valence-corrected chi connectivity index (χ3v) is 4.65. The highest BCUT2D eigenvalue weighted by Gasteiger charge is 2.36. The lowest BCUT2D eigenvalue weighted by atomic mass is 10.2. The van der Waals surface area contributed by atoms with E-state index in [0.29, 0.717) is 41.9 Å². The Kier molecular flexibility index (Phi) is 4.35. The predicted molar refractivity (Wildman–Crippen MR) is 81.1 cm³/mol. The van der Waals surface area contributed by atoms with E-state index in [-0.39, 0.29) is 0 Å². The molecule has 124 valence electrons. The molecule has 0 saturated carbocycles. The molecule has 0 radical (unpaired) electrons. The van der Waals surface area contributed by atoms with Gasteiger partial charge in [-0.1, -0.05) is 17.4 Å². The van der Waals surface area contributed by atoms with Crippen LogP contribution in [0.15, 0.2) is 18.3 Å². The molecule has 0 amide bonds. The van der Waals surface area contributed by atoms with Gasteiger partial charge in [0.15, 0.2) is 0 Å². The zero-order chi connectivity index (χ0) is 16.4. The lowest BCUT2D eigenvalue weighted by molar-refractivity contribution is -0.138. The molecule has 6 nitrogen and oxygen atoms in total. The number of hydrogen-bond donors (Lipinski definition) is 1. The second-order valence-electron chi connectivity index (χ2n) is 5.20. The van der Waals surface area contributed by atoms with Gasteiger partial charge < -0.3 is 10.6 Å². The quantitative estimate of drug-likeness (QED) is 0.916. The molecule has 2 N–H and O–H groups in total. The fourth-order valence-electron chi connectivity index (χ4n) is 2.38. The van der Waals surface area contributed by atoms with Gasteiger partial charge >= 0.3 is 6.18 Å². The number of halogens is 3. The first-order valence-corrected chi connectivity index (χ1v) is 7.82. The fraction of sp³-hybridized carbons (Fsp3) is 0.462. The lowest BCUT2D eigenvalue weighted by Gasteiger charge is -2.34. The smallest absolute Gasteiger partial charge is 0.383 e. The van der Waals surface area contributed by atoms with Crippen LogP contribution in [0.3, 0.4) is 0 Å². The number of anilines is 2. The largest absolute Gasteiger partial charge is 0.445 e. The molecule has 0 aliphatic carbocycles. The van der Waals surface area contributed by atoms with Gasteiger partial charge in [0.05, 0.1) is 0 Å². The Hall–Kier alpha value is -1.94. The average Bonchev–Trinajstić information content (AvgIpc) is 3.00. The fourth-order valence-corrected chi connectivity index (χ4v) is 3.14. The Labute approximate surface area is 134 Å². The van der Waals surface area contributed by atoms with Crippen LogP contribution in [-0.4, -0.2) is 46.3 Å². The van der Waals surface area contributed by atoms with Crippen molar-refractivity contribution >= 4 is 22.3 Å². The summed E-state index contributed by atoms with van der Waals surface area (Å²) in [6.45, 7) is 3.32. The van der Waals surface area contributed by atoms with Crippen LogP contribution in [0.5, 0.6) is 0 Å². The van der Waals surface area contributed by atoms with Crippen molar-refractivity contribution in [3.63, 3.8) is 0 Å². The van der Waals surface area contributed by atoms with Crippen molar-refractivity contribution in [1.82, 2.24) is 20.1 Å². The van der Waals surface area contributed by atoms with Crippen molar-refractivity contribution in [3.8, 4) is 0 Å². The first-order chi connectivity index (χ1) is 10.9. The maximum atomic E-state index is 12.6. The van der Waals surface area contributed by atoms with Crippen LogP contribution in [0, 0.1) is 0 Å². The third kappa shape index (κ3) is 3.70. The number of nitrogen functional groups attached to an aromatic ring is 1. The van der Waals surface area contributed by atoms with E-state index in [1.165, 1.54) is 0 Å². The molecule has 1 fully saturated rings. The van der Waals surface area contributed by atoms with E-state index in [9.17, 15) is 13.2 Å². The molecule has 3 heterocycles. The van der Waals surface area contributed by atoms with Crippen LogP contribution >= 0.6 is 11.3 Å². The molecule has 0 atom stereocenters. The van der Waals surface area contributed by atoms with Crippen molar-refractivity contribution in [2.24, 2.45) is 0 Å². The Morgan fingerprint density at radius 2 is 1.91 bits per heavy atom. The first kappa shape index (κ1) is 15.9. The minimum absolute atomic E-state index is 0.317. The number of nitrogens with two attached hydrogens (primary N) is 1. The normalized spacial score (nSPS) is 16.7. The van der Waals surface area contributed by atoms with E-state index in [2.05, 4.69) is 20.1 Å². The number of alkyl halides is 3. The van der Waals surface area contributed by atoms with Gasteiger partial charge in [0.2, 0.25) is 10.1 Å². The molecule has 1 aliphatic rings. The highest BCUT2D eigenvalue weighted by molar-refractivity contribution is 7.15. The maximum absolute atomic E-state index is 12.6. The van der Waals surface area contributed by atoms with Crippen LogP contribution in [0.4, 0.5) is 24.1 Å². The average molecular weight is 344 g/mol. The minimum atomic E-state index is -4.43. The van der Waals surface area contributed by atoms with Gasteiger partial charge in [-0.05, 0) is 6.07 Å². The summed E-state index contributed by atoms with van der Waals surface area (Å²) >= 11 is 0.584. The summed E-state index contributed by atoms with van der Waals surface area (Å²) in [6.07, 6.45) is -2.79. The summed E-state index contributed by atoms with van der Waals surface area (Å²) in [6, 6.07) is 3.76. The second kappa shape index (κ2) is 6.28. The van der Waals surface area contributed by atoms with Gasteiger partial charge in [-0.3, -0.25) is 4.90 Å². The van der Waals surface area contributed by atoms with Gasteiger partial charge in [0.25, 0.3) is 0 Å². The Bertz CT molecular complexity index is 666. The van der Waals surface area contributed by atoms with Gasteiger partial charge in [-0.2, -0.15) is 13.2 Å². The second-order valence-corrected chi connectivity index (χ2v) is 6.15. The van der Waals surface area contributed by atoms with Crippen molar-refractivity contribution in [1.29, 1.82) is 0 Å². The molecule has 0 bridgehead atoms. The molecule has 0 spiro atoms. The van der Waals surface area contributed by atoms with Crippen molar-refractivity contribution in [2.45, 2.75) is 12.7 Å². The van der Waals surface area contributed by atoms with E-state index >= 15 is 0 Å². The van der Waals surface area contributed by atoms with Crippen molar-refractivity contribution in [3.05, 3.63) is 28.9 Å². The topological polar surface area (TPSA) is 71.2 Å². The lowest BCUT2D eigenvalue weighted by Crippen LogP contribution is -2.46. The van der Waals surface area contributed by atoms with Crippen LogP contribution in [-0.2, 0) is 12.7 Å². The number of pyridine rings is 1. The summed E-state index contributed by atoms with van der Waals surface area (Å²) in [5, 5.41) is 6.29. The molecule has 2 aromatic rings. The summed E-state index contributed by atoms with van der Waals surface area (Å²) in [4.78, 5) is 8.07. The standard InChI is InChI=1S/C13H15F3N6S/c14-13(15,16)11-19-20-12(23-11)22-6-4-21(5-7-22)8-9-2-1-3-18-10(9)17/h1-3H,4-8H2,(H2,17,18). The number of rotatable bonds is 3. The van der Waals surface area contributed by atoms with E-state index in [4.69, 9.17) is 5.73 Å². The molecule has 23 heavy (non-hydrogen) atoms. The molecule has 0 aromatic carbocycles. The summed E-state index contributed by atoms with van der Waals surface area (Å²) in [5.74, 6) is 0.508. The predicted octanol–water partition coefficient (Wildman–Crippen LogP) is 1.86. The monoisotopic (exact) mass is 344 g/mol. The van der Waals surface area contributed by atoms with Gasteiger partial charge in [-0.25, -0.2) is 4.98 Å². The Morgan fingerprint density at radius 3 is 2.52 bits per heavy atom. The van der Waals surface area contributed by atoms with Gasteiger partial charge in [0.1, 0.15) is 5.82 Å². The SMILES string of the molecule is Nc1ncccc1CN1CCN(c2nnc(C(F)(F)F)s2)CC1. The molecular formula is C13H15F3N6S. The van der Waals surface area contributed by atoms with Crippen molar-refractivity contribution < 1.29 is 13.2 Å². The van der Waals surface area contributed by atoms with Gasteiger partial charge in [0, 0.05) is 44.5 Å². The van der Waals surface area contributed by atoms with Crippen molar-refractivity contribution in [2.75, 3.05) is 36.8 Å². The molecule has 3 rings (SSSR count). The van der Waals surface area contributed by atoms with Crippen LogP contribution in [0.1, 0.15) is 10.6 Å². The molecule has 10 heteroatoms. The summed E-state index contributed by atoms with van der Waals surface area (Å²) < 4.78 is 37.7. The molecule has 2 aromatic heterocycles. The number of nitrogens with zero attached hydrogens (tertiary/aromatic N) is 5. The number of hydrogen-bond acceptors (Lipinski definition) is 7. The van der Waals surface area contributed by atoms with E-state index in [1.54, 1.807) is 6.20 Å². The molecular weight excluding hydrogens is 329 g/mol. The van der Waals surface area contributed by atoms with E-state index in [0.717, 1.165) is 18.7 Å². The van der Waals surface area contributed by atoms with Crippen LogP contribution < -0.4 is 10.6 Å². The first-order valence-electron chi connectivity index (χ1n) is 7.01. The summed E-state index contributed by atoms with van der Waals surface area (Å²) in [7, 11) is 0. The zero-order valence-electron chi connectivity index (χ0n) is 12.1. The Morgan fingerprint density at radius 1 is 1.17 bits per heavy atom. The molecule has 0 unspecified atom stereocenters. The maximum Gasteiger partial charge on any atom is 0.445 e. The highest BCUT2D eigenvalue weighted by atomic mass is 32.1. The Balaban J connectivity index is 1.58. The van der Waals surface area contributed by atoms with Gasteiger partial charge in [-0.15, -0.1) is 10.2 Å². The third-order valence-electron chi connectivity index (χ3n) is 3.62. The summed E-state index contributed by atoms with van der Waals surface area (Å²) in [5.41, 5.74) is 6.78. The molecule has 1 saturated heterocycles. The molecule has 1 aliphatic heterocycles. The zero-order valence-corrected chi connectivity index (χ0v) is 12.9. The highest BCUT2D eigenvalue weighted by Crippen LogP contribution is 2.34. The van der Waals surface area contributed by atoms with Crippen LogP contribution in [0.25, 0.3) is 0 Å². The van der Waals surface area contributed by atoms with E-state index < -0.39 is 11.2 Å². The van der Waals surface area contributed by atoms with E-state index in [1.807, 2.05) is 17.0 Å². The number of aromatic nitrogens is 3. The number of piperazine rings is 1. The minimum Gasteiger partial charge on any atom is -0.383 e. The van der Waals surface area contributed by atoms with Crippen LogP contribution in [0.2, 0.25) is 0 Å².